The highest BCUT2D eigenvalue weighted by Crippen LogP contribution is 2.31. The number of alkyl halides is 1. The molecule has 5 aromatic rings. The lowest BCUT2D eigenvalue weighted by Crippen LogP contribution is -2.57. The van der Waals surface area contributed by atoms with Crippen LogP contribution in [0.25, 0.3) is 0 Å². The number of rotatable bonds is 18. The number of aliphatic imine (C=N–C) groups is 1. The fraction of sp³-hybridized carbons (Fsp3) is 0.436. The number of hydrogen-bond acceptors (Lipinski definition) is 13. The van der Waals surface area contributed by atoms with E-state index in [2.05, 4.69) is 96.4 Å². The lowest BCUT2D eigenvalue weighted by molar-refractivity contribution is -0.910. The Morgan fingerprint density at radius 2 is 1.35 bits per heavy atom. The maximum atomic E-state index is 13.0. The summed E-state index contributed by atoms with van der Waals surface area (Å²) in [4.78, 5) is 40.4. The van der Waals surface area contributed by atoms with Crippen LogP contribution in [-0.4, -0.2) is 143 Å². The molecule has 2 saturated heterocycles. The van der Waals surface area contributed by atoms with Crippen LogP contribution in [0.15, 0.2) is 102 Å². The number of halogens is 1. The van der Waals surface area contributed by atoms with Crippen molar-refractivity contribution in [3.63, 3.8) is 0 Å². The van der Waals surface area contributed by atoms with E-state index >= 15 is 0 Å². The molecule has 3 heterocycles. The first-order valence-electron chi connectivity index (χ1n) is 24.4. The second-order valence-electron chi connectivity index (χ2n) is 17.5. The molecule has 1 aromatic heterocycles. The van der Waals surface area contributed by atoms with Gasteiger partial charge in [-0.3, -0.25) is 14.5 Å². The van der Waals surface area contributed by atoms with E-state index in [-0.39, 0.29) is 55.4 Å². The van der Waals surface area contributed by atoms with Crippen LogP contribution in [0.5, 0.6) is 0 Å². The molecule has 19 heteroatoms. The SMILES string of the molecule is C.C.CCSC(N)=NC(=S)Nc1ccc(N2CCN(CCCO)CC2)cc1.CCc1cccc(C(=O)CBr)c1.CCc1cccc(C(=O)c2sc(Nc3ccc(N4CC[N+](C)(CCCO)CC4)cc3)nc2N)c1.P. The molecule has 74 heavy (non-hydrogen) atoms. The maximum Gasteiger partial charge on any atom is 0.206 e. The minimum atomic E-state index is -0.0943. The number of aromatic nitrogens is 1. The molecular formula is C55H83BrN10O4PS3+. The van der Waals surface area contributed by atoms with Gasteiger partial charge in [0.15, 0.2) is 21.2 Å². The van der Waals surface area contributed by atoms with E-state index in [4.69, 9.17) is 33.9 Å². The lowest BCUT2D eigenvalue weighted by atomic mass is 10.1. The van der Waals surface area contributed by atoms with Gasteiger partial charge < -0.3 is 46.6 Å². The minimum Gasteiger partial charge on any atom is -0.396 e. The van der Waals surface area contributed by atoms with Crippen molar-refractivity contribution >= 4 is 117 Å². The van der Waals surface area contributed by atoms with Gasteiger partial charge in [0.25, 0.3) is 0 Å². The Labute approximate surface area is 467 Å². The molecule has 0 spiro atoms. The number of aliphatic hydroxyl groups excluding tert-OH is 2. The topological polar surface area (TPSA) is 186 Å². The average Bonchev–Trinajstić information content (AvgIpc) is 3.77. The number of benzene rings is 4. The molecule has 1 atom stereocenters. The van der Waals surface area contributed by atoms with Crippen LogP contribution in [0.2, 0.25) is 0 Å². The van der Waals surface area contributed by atoms with Gasteiger partial charge in [-0.1, -0.05) is 111 Å². The molecule has 2 aliphatic rings. The van der Waals surface area contributed by atoms with E-state index in [0.717, 1.165) is 124 Å². The van der Waals surface area contributed by atoms with Crippen LogP contribution >= 0.6 is 61.1 Å². The molecule has 7 rings (SSSR count). The zero-order valence-corrected chi connectivity index (χ0v) is 47.8. The number of Topliss-reactive ketones (excluding diaryl/α,β-unsaturated/α-hetero) is 1. The molecule has 0 aliphatic carbocycles. The number of anilines is 6. The highest BCUT2D eigenvalue weighted by molar-refractivity contribution is 9.09. The van der Waals surface area contributed by atoms with Gasteiger partial charge in [-0.05, 0) is 109 Å². The molecule has 0 bridgehead atoms. The number of carbonyl (C=O) groups is 2. The normalized spacial score (nSPS) is 14.1. The smallest absolute Gasteiger partial charge is 0.206 e. The number of thiazole rings is 1. The van der Waals surface area contributed by atoms with E-state index in [9.17, 15) is 9.59 Å². The molecule has 2 fully saturated rings. The van der Waals surface area contributed by atoms with Gasteiger partial charge in [-0.15, -0.1) is 0 Å². The molecule has 0 amide bonds. The van der Waals surface area contributed by atoms with Gasteiger partial charge >= 0.3 is 0 Å². The second kappa shape index (κ2) is 34.2. The standard InChI is InChI=1S/C26H33N5O2S.C17H27N5OS2.C10H11BrO.2CH4.H3P/c1-3-19-6-4-7-20(18-19)23(33)24-25(27)29-26(34-24)28-21-8-10-22(11-9-21)30-12-15-31(2,16-13-30)14-5-17-32;1-2-25-16(18)20-17(24)19-14-4-6-15(7-5-14)22-11-9-21(10-12-22)8-3-13-23;1-2-8-4-3-5-9(6-8)10(12)7-11;;;/h4,6-11,18,32H,3,5,12-17H2,1-2H3,(H2-,27,28,29,33);4-7,23H,2-3,8-13H2,1H3,(H3,18,19,20,24);3-6H,2,7H2,1H3;2*1H4;1H3/p+1. The fourth-order valence-electron chi connectivity index (χ4n) is 8.13. The van der Waals surface area contributed by atoms with Crippen molar-refractivity contribution in [2.45, 2.75) is 61.3 Å². The zero-order valence-electron chi connectivity index (χ0n) is 42.3. The summed E-state index contributed by atoms with van der Waals surface area (Å²) in [5.41, 5.74) is 19.8. The van der Waals surface area contributed by atoms with Gasteiger partial charge in [-0.25, -0.2) is 4.98 Å². The third-order valence-corrected chi connectivity index (χ3v) is 14.8. The van der Waals surface area contributed by atoms with E-state index in [1.807, 2.05) is 79.7 Å². The summed E-state index contributed by atoms with van der Waals surface area (Å²) >= 11 is 11.1. The van der Waals surface area contributed by atoms with Gasteiger partial charge in [0.1, 0.15) is 10.7 Å². The number of nitrogens with two attached hydrogens (primary N) is 2. The molecular weight excluding hydrogens is 1070 g/mol. The summed E-state index contributed by atoms with van der Waals surface area (Å²) in [5.74, 6) is 1.18. The summed E-state index contributed by atoms with van der Waals surface area (Å²) in [7, 11) is 2.28. The quantitative estimate of drug-likeness (QED) is 0.00926. The van der Waals surface area contributed by atoms with Crippen molar-refractivity contribution in [1.29, 1.82) is 0 Å². The summed E-state index contributed by atoms with van der Waals surface area (Å²) in [6.45, 7) is 16.9. The number of carbonyl (C=O) groups excluding carboxylic acids is 2. The van der Waals surface area contributed by atoms with E-state index in [1.165, 1.54) is 40.0 Å². The Morgan fingerprint density at radius 3 is 1.89 bits per heavy atom. The lowest BCUT2D eigenvalue weighted by Gasteiger charge is -2.42. The van der Waals surface area contributed by atoms with E-state index in [0.29, 0.717) is 31.2 Å². The van der Waals surface area contributed by atoms with Gasteiger partial charge in [0.05, 0.1) is 45.1 Å². The Balaban J connectivity index is 0.000000412. The Hall–Kier alpha value is -4.49. The monoisotopic (exact) mass is 1150 g/mol. The van der Waals surface area contributed by atoms with Crippen LogP contribution in [0.1, 0.15) is 85.2 Å². The van der Waals surface area contributed by atoms with Crippen molar-refractivity contribution in [2.24, 2.45) is 10.7 Å². The predicted octanol–water partition coefficient (Wildman–Crippen LogP) is 10.0. The number of piperazine rings is 2. The first kappa shape index (κ1) is 65.6. The van der Waals surface area contributed by atoms with Crippen molar-refractivity contribution in [3.05, 3.63) is 124 Å². The molecule has 14 nitrogen and oxygen atoms in total. The van der Waals surface area contributed by atoms with Crippen LogP contribution in [0.3, 0.4) is 0 Å². The molecule has 1 unspecified atom stereocenters. The first-order valence-corrected chi connectivity index (χ1v) is 27.7. The Morgan fingerprint density at radius 1 is 0.811 bits per heavy atom. The summed E-state index contributed by atoms with van der Waals surface area (Å²) in [5, 5.41) is 26.3. The van der Waals surface area contributed by atoms with Gasteiger partial charge in [-0.2, -0.15) is 14.9 Å². The molecule has 4 aromatic carbocycles. The summed E-state index contributed by atoms with van der Waals surface area (Å²) in [6.07, 6.45) is 3.56. The minimum absolute atomic E-state index is 0. The zero-order chi connectivity index (χ0) is 51.2. The summed E-state index contributed by atoms with van der Waals surface area (Å²) in [6, 6.07) is 31.9. The Kier molecular flexibility index (Phi) is 30.4. The maximum absolute atomic E-state index is 13.0. The Bertz CT molecular complexity index is 2480. The predicted molar refractivity (Wildman–Crippen MR) is 331 cm³/mol. The van der Waals surface area contributed by atoms with Crippen molar-refractivity contribution < 1.29 is 24.3 Å². The molecule has 8 N–H and O–H groups in total. The second-order valence-corrected chi connectivity index (χ2v) is 20.8. The number of aryl methyl sites for hydroxylation is 2. The van der Waals surface area contributed by atoms with Crippen LogP contribution < -0.4 is 31.9 Å². The number of aliphatic hydroxyl groups is 2. The number of quaternary nitrogens is 1. The molecule has 0 saturated carbocycles. The number of ketones is 2. The summed E-state index contributed by atoms with van der Waals surface area (Å²) < 4.78 is 1.02. The van der Waals surface area contributed by atoms with Crippen molar-refractivity contribution in [3.8, 4) is 0 Å². The third-order valence-electron chi connectivity index (χ3n) is 12.4. The number of hydrogen-bond donors (Lipinski definition) is 6. The largest absolute Gasteiger partial charge is 0.396 e. The number of likely N-dealkylation sites (N-methyl/N-ethyl adjacent to an activating group) is 1. The third kappa shape index (κ3) is 20.9. The first-order chi connectivity index (χ1) is 34.3. The van der Waals surface area contributed by atoms with Crippen LogP contribution in [0, 0.1) is 0 Å². The van der Waals surface area contributed by atoms with E-state index in [1.54, 1.807) is 0 Å². The molecule has 2 aliphatic heterocycles. The number of nitrogens with one attached hydrogen (secondary N) is 2. The highest BCUT2D eigenvalue weighted by Gasteiger charge is 2.28. The number of amidine groups is 1. The van der Waals surface area contributed by atoms with Crippen LogP contribution in [-0.2, 0) is 12.8 Å². The number of thioether (sulfide) groups is 1. The number of nitrogen functional groups attached to an aromatic ring is 1. The number of thiocarbonyl (C=S) groups is 1. The van der Waals surface area contributed by atoms with E-state index < -0.39 is 0 Å². The fourth-order valence-corrected chi connectivity index (χ4v) is 10.0. The van der Waals surface area contributed by atoms with Crippen molar-refractivity contribution in [2.75, 3.05) is 123 Å². The molecule has 0 radical (unpaired) electrons. The van der Waals surface area contributed by atoms with Gasteiger partial charge in [0.2, 0.25) is 5.78 Å². The highest BCUT2D eigenvalue weighted by atomic mass is 79.9. The van der Waals surface area contributed by atoms with Gasteiger partial charge in [0, 0.05) is 86.2 Å². The van der Waals surface area contributed by atoms with Crippen LogP contribution in [0.4, 0.5) is 33.7 Å². The molecule has 406 valence electrons. The van der Waals surface area contributed by atoms with Crippen molar-refractivity contribution in [1.82, 2.24) is 9.88 Å². The average molecular weight is 1160 g/mol. The number of nitrogens with zero attached hydrogens (tertiary/aromatic N) is 6.